The molecule has 0 spiro atoms. The van der Waals surface area contributed by atoms with E-state index < -0.39 is 19.8 Å². The molecule has 0 aliphatic carbocycles. The van der Waals surface area contributed by atoms with Crippen LogP contribution in [-0.4, -0.2) is 19.2 Å². The van der Waals surface area contributed by atoms with Crippen molar-refractivity contribution < 1.29 is 17.9 Å². The van der Waals surface area contributed by atoms with Crippen LogP contribution < -0.4 is 0 Å². The average molecular weight is 300 g/mol. The Morgan fingerprint density at radius 3 is 2.33 bits per heavy atom. The van der Waals surface area contributed by atoms with Crippen LogP contribution in [0.2, 0.25) is 30.7 Å². The first-order valence-corrected chi connectivity index (χ1v) is 9.68. The average Bonchev–Trinajstić information content (AvgIpc) is 2.52. The summed E-state index contributed by atoms with van der Waals surface area (Å²) in [5.41, 5.74) is -0.821. The highest BCUT2D eigenvalue weighted by Gasteiger charge is 2.34. The van der Waals surface area contributed by atoms with Crippen molar-refractivity contribution >= 4 is 19.7 Å². The van der Waals surface area contributed by atoms with Crippen LogP contribution >= 0.6 is 11.6 Å². The zero-order valence-electron chi connectivity index (χ0n) is 10.6. The summed E-state index contributed by atoms with van der Waals surface area (Å²) >= 11 is 5.53. The van der Waals surface area contributed by atoms with Crippen molar-refractivity contribution in [2.24, 2.45) is 0 Å². The molecule has 1 heterocycles. The maximum atomic E-state index is 12.5. The predicted molar refractivity (Wildman–Crippen MR) is 68.5 cm³/mol. The zero-order chi connectivity index (χ0) is 14.0. The highest BCUT2D eigenvalue weighted by molar-refractivity contribution is 6.76. The molecule has 0 fully saturated rings. The number of halogens is 4. The fourth-order valence-corrected chi connectivity index (χ4v) is 2.35. The van der Waals surface area contributed by atoms with E-state index in [2.05, 4.69) is 19.6 Å². The number of ether oxygens (including phenoxy) is 1. The Kier molecular flexibility index (Phi) is 4.91. The van der Waals surface area contributed by atoms with Gasteiger partial charge in [0.05, 0.1) is 10.6 Å². The van der Waals surface area contributed by atoms with Gasteiger partial charge in [-0.1, -0.05) is 31.2 Å². The van der Waals surface area contributed by atoms with Crippen molar-refractivity contribution in [1.29, 1.82) is 0 Å². The third kappa shape index (κ3) is 5.03. The Labute approximate surface area is 111 Å². The summed E-state index contributed by atoms with van der Waals surface area (Å²) in [6, 6.07) is 0.980. The van der Waals surface area contributed by atoms with Crippen molar-refractivity contribution in [2.75, 3.05) is 6.61 Å². The van der Waals surface area contributed by atoms with Crippen LogP contribution in [0.3, 0.4) is 0 Å². The first-order chi connectivity index (χ1) is 8.09. The van der Waals surface area contributed by atoms with Crippen LogP contribution in [0, 0.1) is 0 Å². The first-order valence-electron chi connectivity index (χ1n) is 5.60. The SMILES string of the molecule is C[Si](C)(C)CCOCn1cc(Cl)c(C(F)(F)F)c1. The van der Waals surface area contributed by atoms with Crippen LogP contribution in [0.5, 0.6) is 0 Å². The molecule has 0 amide bonds. The number of hydrogen-bond donors (Lipinski definition) is 0. The predicted octanol–water partition coefficient (Wildman–Crippen LogP) is 4.47. The summed E-state index contributed by atoms with van der Waals surface area (Å²) in [6.07, 6.45) is -2.21. The van der Waals surface area contributed by atoms with Gasteiger partial charge in [0.25, 0.3) is 0 Å². The minimum absolute atomic E-state index is 0.0975. The summed E-state index contributed by atoms with van der Waals surface area (Å²) in [5.74, 6) is 0. The molecule has 0 bridgehead atoms. The van der Waals surface area contributed by atoms with Gasteiger partial charge in [-0.3, -0.25) is 0 Å². The van der Waals surface area contributed by atoms with Crippen LogP contribution in [0.15, 0.2) is 12.4 Å². The quantitative estimate of drug-likeness (QED) is 0.578. The third-order valence-corrected chi connectivity index (χ3v) is 4.38. The number of hydrogen-bond acceptors (Lipinski definition) is 1. The maximum Gasteiger partial charge on any atom is 0.419 e. The molecule has 0 saturated heterocycles. The molecular weight excluding hydrogens is 283 g/mol. The van der Waals surface area contributed by atoms with Gasteiger partial charge in [0.15, 0.2) is 0 Å². The van der Waals surface area contributed by atoms with Gasteiger partial charge in [-0.05, 0) is 6.04 Å². The Morgan fingerprint density at radius 1 is 1.28 bits per heavy atom. The van der Waals surface area contributed by atoms with Gasteiger partial charge in [0.2, 0.25) is 0 Å². The van der Waals surface area contributed by atoms with E-state index in [1.165, 1.54) is 10.8 Å². The van der Waals surface area contributed by atoms with Crippen LogP contribution in [0.1, 0.15) is 5.56 Å². The van der Waals surface area contributed by atoms with Crippen molar-refractivity contribution in [3.8, 4) is 0 Å². The van der Waals surface area contributed by atoms with Crippen LogP contribution in [0.25, 0.3) is 0 Å². The lowest BCUT2D eigenvalue weighted by Crippen LogP contribution is -2.21. The third-order valence-electron chi connectivity index (χ3n) is 2.37. The van der Waals surface area contributed by atoms with E-state index in [4.69, 9.17) is 16.3 Å². The molecule has 0 atom stereocenters. The molecule has 1 aromatic heterocycles. The van der Waals surface area contributed by atoms with Gasteiger partial charge >= 0.3 is 6.18 Å². The zero-order valence-corrected chi connectivity index (χ0v) is 12.4. The fourth-order valence-electron chi connectivity index (χ4n) is 1.31. The van der Waals surface area contributed by atoms with Crippen molar-refractivity contribution in [1.82, 2.24) is 4.57 Å². The molecule has 1 rings (SSSR count). The van der Waals surface area contributed by atoms with E-state index in [1.54, 1.807) is 0 Å². The second-order valence-electron chi connectivity index (χ2n) is 5.38. The van der Waals surface area contributed by atoms with Crippen LogP contribution in [-0.2, 0) is 17.6 Å². The number of nitrogens with zero attached hydrogens (tertiary/aromatic N) is 1. The van der Waals surface area contributed by atoms with Gasteiger partial charge in [-0.2, -0.15) is 13.2 Å². The van der Waals surface area contributed by atoms with Crippen LogP contribution in [0.4, 0.5) is 13.2 Å². The Bertz CT molecular complexity index is 398. The second kappa shape index (κ2) is 5.67. The molecule has 18 heavy (non-hydrogen) atoms. The smallest absolute Gasteiger partial charge is 0.361 e. The van der Waals surface area contributed by atoms with Crippen molar-refractivity contribution in [3.05, 3.63) is 23.0 Å². The number of aromatic nitrogens is 1. The molecule has 0 aliphatic heterocycles. The van der Waals surface area contributed by atoms with Crippen molar-refractivity contribution in [3.63, 3.8) is 0 Å². The standard InChI is InChI=1S/C11H17ClF3NOSi/c1-18(2,3)5-4-17-8-16-6-9(10(12)7-16)11(13,14)15/h6-7H,4-5,8H2,1-3H3. The van der Waals surface area contributed by atoms with Gasteiger partial charge < -0.3 is 9.30 Å². The van der Waals surface area contributed by atoms with E-state index in [0.29, 0.717) is 6.61 Å². The summed E-state index contributed by atoms with van der Waals surface area (Å²) < 4.78 is 44.1. The highest BCUT2D eigenvalue weighted by atomic mass is 35.5. The molecular formula is C11H17ClF3NOSi. The fraction of sp³-hybridized carbons (Fsp3) is 0.636. The lowest BCUT2D eigenvalue weighted by Gasteiger charge is -2.15. The van der Waals surface area contributed by atoms with Gasteiger partial charge in [0.1, 0.15) is 6.73 Å². The maximum absolute atomic E-state index is 12.5. The highest BCUT2D eigenvalue weighted by Crippen LogP contribution is 2.35. The lowest BCUT2D eigenvalue weighted by molar-refractivity contribution is -0.137. The van der Waals surface area contributed by atoms with E-state index in [0.717, 1.165) is 12.2 Å². The van der Waals surface area contributed by atoms with E-state index in [-0.39, 0.29) is 11.8 Å². The van der Waals surface area contributed by atoms with Crippen molar-refractivity contribution in [2.45, 2.75) is 38.6 Å². The molecule has 0 aromatic carbocycles. The molecule has 1 aromatic rings. The Balaban J connectivity index is 2.50. The van der Waals surface area contributed by atoms with Gasteiger partial charge in [-0.15, -0.1) is 0 Å². The topological polar surface area (TPSA) is 14.2 Å². The first kappa shape index (κ1) is 15.6. The molecule has 0 radical (unpaired) electrons. The normalized spacial score (nSPS) is 13.1. The van der Waals surface area contributed by atoms with E-state index >= 15 is 0 Å². The molecule has 0 aliphatic rings. The Morgan fingerprint density at radius 2 is 1.89 bits per heavy atom. The van der Waals surface area contributed by atoms with E-state index in [9.17, 15) is 13.2 Å². The molecule has 104 valence electrons. The summed E-state index contributed by atoms with van der Waals surface area (Å²) in [4.78, 5) is 0. The minimum atomic E-state index is -4.42. The molecule has 2 nitrogen and oxygen atoms in total. The number of alkyl halides is 3. The molecule has 7 heteroatoms. The summed E-state index contributed by atoms with van der Waals surface area (Å²) in [5, 5.41) is -0.295. The van der Waals surface area contributed by atoms with E-state index in [1.807, 2.05) is 0 Å². The largest absolute Gasteiger partial charge is 0.419 e. The van der Waals surface area contributed by atoms with Gasteiger partial charge in [0, 0.05) is 27.1 Å². The molecule has 0 saturated carbocycles. The summed E-state index contributed by atoms with van der Waals surface area (Å²) in [7, 11) is -1.17. The summed E-state index contributed by atoms with van der Waals surface area (Å²) in [6.45, 7) is 7.30. The Hall–Kier alpha value is -0.463. The molecule has 0 unspecified atom stereocenters. The van der Waals surface area contributed by atoms with Gasteiger partial charge in [-0.25, -0.2) is 0 Å². The minimum Gasteiger partial charge on any atom is -0.361 e. The second-order valence-corrected chi connectivity index (χ2v) is 11.4. The lowest BCUT2D eigenvalue weighted by atomic mass is 10.3. The monoisotopic (exact) mass is 299 g/mol. The number of rotatable bonds is 5. The molecule has 0 N–H and O–H groups in total.